The van der Waals surface area contributed by atoms with Crippen LogP contribution in [0.25, 0.3) is 0 Å². The van der Waals surface area contributed by atoms with E-state index < -0.39 is 11.5 Å². The van der Waals surface area contributed by atoms with Gasteiger partial charge in [0, 0.05) is 34.5 Å². The number of rotatable bonds is 1. The first-order chi connectivity index (χ1) is 14.5. The number of carbonyl (C=O) groups excluding carboxylic acids is 2. The molecule has 0 unspecified atom stereocenters. The number of amides is 2. The lowest BCUT2D eigenvalue weighted by atomic mass is 9.68. The van der Waals surface area contributed by atoms with Crippen molar-refractivity contribution in [3.63, 3.8) is 0 Å². The molecule has 5 nitrogen and oxygen atoms in total. The molecule has 2 aromatic carbocycles. The highest BCUT2D eigenvalue weighted by atomic mass is 35.5. The summed E-state index contributed by atoms with van der Waals surface area (Å²) in [6, 6.07) is 18.1. The Morgan fingerprint density at radius 1 is 0.967 bits per heavy atom. The third-order valence-electron chi connectivity index (χ3n) is 5.41. The topological polar surface area (TPSA) is 71.1 Å². The molecule has 0 radical (unpaired) electrons. The van der Waals surface area contributed by atoms with Gasteiger partial charge in [0.2, 0.25) is 11.8 Å². The Morgan fingerprint density at radius 3 is 2.43 bits per heavy atom. The predicted molar refractivity (Wildman–Crippen MR) is 118 cm³/mol. The van der Waals surface area contributed by atoms with Gasteiger partial charge in [0.25, 0.3) is 0 Å². The molecule has 0 aliphatic carbocycles. The van der Waals surface area contributed by atoms with E-state index in [1.54, 1.807) is 30.6 Å². The lowest BCUT2D eigenvalue weighted by Crippen LogP contribution is -2.52. The molecule has 2 N–H and O–H groups in total. The fourth-order valence-electron chi connectivity index (χ4n) is 4.04. The van der Waals surface area contributed by atoms with Crippen LogP contribution in [0.1, 0.15) is 30.0 Å². The van der Waals surface area contributed by atoms with Gasteiger partial charge >= 0.3 is 0 Å². The fraction of sp³-hybridized carbons (Fsp3) is 0.174. The van der Waals surface area contributed by atoms with E-state index in [2.05, 4.69) is 15.6 Å². The van der Waals surface area contributed by atoms with Crippen LogP contribution in [-0.2, 0) is 15.0 Å². The quantitative estimate of drug-likeness (QED) is 0.565. The minimum Gasteiger partial charge on any atom is -0.348 e. The zero-order chi connectivity index (χ0) is 21.1. The highest BCUT2D eigenvalue weighted by Gasteiger charge is 2.55. The molecule has 5 rings (SSSR count). The number of nitrogens with zero attached hydrogens (tertiary/aromatic N) is 1. The van der Waals surface area contributed by atoms with Gasteiger partial charge in [-0.1, -0.05) is 53.5 Å². The van der Waals surface area contributed by atoms with Crippen molar-refractivity contribution in [3.8, 4) is 0 Å². The molecular weight excluding hydrogens is 421 g/mol. The van der Waals surface area contributed by atoms with Gasteiger partial charge in [0.15, 0.2) is 0 Å². The molecule has 30 heavy (non-hydrogen) atoms. The van der Waals surface area contributed by atoms with Crippen LogP contribution in [0.3, 0.4) is 0 Å². The number of fused-ring (bicyclic) bond motifs is 2. The first-order valence-electron chi connectivity index (χ1n) is 9.52. The van der Waals surface area contributed by atoms with Crippen LogP contribution < -0.4 is 10.6 Å². The summed E-state index contributed by atoms with van der Waals surface area (Å²) < 4.78 is 0. The summed E-state index contributed by atoms with van der Waals surface area (Å²) in [6.07, 6.45) is 4.13. The molecule has 0 bridgehead atoms. The minimum absolute atomic E-state index is 0.0558. The molecule has 2 atom stereocenters. The molecule has 2 amide bonds. The Labute approximate surface area is 184 Å². The zero-order valence-electron chi connectivity index (χ0n) is 15.9. The summed E-state index contributed by atoms with van der Waals surface area (Å²) >= 11 is 11.6. The summed E-state index contributed by atoms with van der Waals surface area (Å²) in [5.74, 6) is -0.164. The van der Waals surface area contributed by atoms with Gasteiger partial charge < -0.3 is 10.6 Å². The number of anilines is 1. The largest absolute Gasteiger partial charge is 0.348 e. The van der Waals surface area contributed by atoms with E-state index in [1.165, 1.54) is 0 Å². The van der Waals surface area contributed by atoms with E-state index in [0.29, 0.717) is 23.6 Å². The van der Waals surface area contributed by atoms with Gasteiger partial charge in [0.05, 0.1) is 6.04 Å². The third kappa shape index (κ3) is 3.78. The molecule has 1 spiro atoms. The standard InChI is InChI=1S/C17H14ClN3O2.C6H5Cl/c18-11-3-4-12-13(8-11)20-16(23)17(12)6-5-14(22)21-15(17)10-2-1-7-19-9-10;7-6-4-2-1-3-5-6/h1-4,7-9,15H,5-6H2,(H,20,23)(H,21,22);1-5H/t15-,17-;/m1./s1. The SMILES string of the molecule is Clc1ccccc1.O=C1CC[C@]2(C(=O)Nc3cc(Cl)ccc32)[C@@H](c2cccnc2)N1. The van der Waals surface area contributed by atoms with Crippen molar-refractivity contribution in [1.82, 2.24) is 10.3 Å². The molecule has 2 aliphatic rings. The number of benzene rings is 2. The Bertz CT molecular complexity index is 1080. The molecule has 7 heteroatoms. The molecule has 2 aliphatic heterocycles. The van der Waals surface area contributed by atoms with Gasteiger partial charge in [-0.3, -0.25) is 14.6 Å². The summed E-state index contributed by atoms with van der Waals surface area (Å²) in [7, 11) is 0. The maximum atomic E-state index is 12.9. The molecule has 0 saturated carbocycles. The summed E-state index contributed by atoms with van der Waals surface area (Å²) in [5, 5.41) is 7.26. The van der Waals surface area contributed by atoms with E-state index in [4.69, 9.17) is 23.2 Å². The Balaban J connectivity index is 0.000000265. The maximum Gasteiger partial charge on any atom is 0.237 e. The number of piperidine rings is 1. The normalized spacial score (nSPS) is 21.9. The molecular formula is C23H19Cl2N3O2. The van der Waals surface area contributed by atoms with Crippen LogP contribution in [0.15, 0.2) is 73.1 Å². The highest BCUT2D eigenvalue weighted by Crippen LogP contribution is 2.51. The fourth-order valence-corrected chi connectivity index (χ4v) is 4.36. The number of aromatic nitrogens is 1. The van der Waals surface area contributed by atoms with Gasteiger partial charge in [-0.25, -0.2) is 0 Å². The molecule has 1 aromatic heterocycles. The van der Waals surface area contributed by atoms with Gasteiger partial charge in [-0.15, -0.1) is 0 Å². The predicted octanol–water partition coefficient (Wildman–Crippen LogP) is 4.92. The van der Waals surface area contributed by atoms with E-state index in [1.807, 2.05) is 42.5 Å². The first-order valence-corrected chi connectivity index (χ1v) is 10.3. The Morgan fingerprint density at radius 2 is 1.77 bits per heavy atom. The molecule has 1 fully saturated rings. The summed E-state index contributed by atoms with van der Waals surface area (Å²) in [5.41, 5.74) is 1.59. The number of halogens is 2. The van der Waals surface area contributed by atoms with Crippen molar-refractivity contribution < 1.29 is 9.59 Å². The van der Waals surface area contributed by atoms with Crippen LogP contribution in [0.4, 0.5) is 5.69 Å². The van der Waals surface area contributed by atoms with Gasteiger partial charge in [-0.2, -0.15) is 0 Å². The van der Waals surface area contributed by atoms with Crippen LogP contribution >= 0.6 is 23.2 Å². The molecule has 3 aromatic rings. The smallest absolute Gasteiger partial charge is 0.237 e. The van der Waals surface area contributed by atoms with Crippen LogP contribution in [0.2, 0.25) is 10.0 Å². The molecule has 152 valence electrons. The van der Waals surface area contributed by atoms with Crippen LogP contribution in [-0.4, -0.2) is 16.8 Å². The minimum atomic E-state index is -0.823. The van der Waals surface area contributed by atoms with Crippen LogP contribution in [0.5, 0.6) is 0 Å². The lowest BCUT2D eigenvalue weighted by Gasteiger charge is -2.40. The third-order valence-corrected chi connectivity index (χ3v) is 5.90. The average molecular weight is 440 g/mol. The maximum absolute atomic E-state index is 12.9. The number of pyridine rings is 1. The lowest BCUT2D eigenvalue weighted by molar-refractivity contribution is -0.130. The van der Waals surface area contributed by atoms with E-state index >= 15 is 0 Å². The summed E-state index contributed by atoms with van der Waals surface area (Å²) in [6.45, 7) is 0. The van der Waals surface area contributed by atoms with Crippen molar-refractivity contribution in [2.75, 3.05) is 5.32 Å². The van der Waals surface area contributed by atoms with Crippen molar-refractivity contribution in [2.24, 2.45) is 0 Å². The monoisotopic (exact) mass is 439 g/mol. The van der Waals surface area contributed by atoms with E-state index in [9.17, 15) is 9.59 Å². The van der Waals surface area contributed by atoms with E-state index in [0.717, 1.165) is 16.1 Å². The zero-order valence-corrected chi connectivity index (χ0v) is 17.5. The number of nitrogens with one attached hydrogen (secondary N) is 2. The number of hydrogen-bond acceptors (Lipinski definition) is 3. The van der Waals surface area contributed by atoms with Gasteiger partial charge in [0.1, 0.15) is 5.41 Å². The number of hydrogen-bond donors (Lipinski definition) is 2. The van der Waals surface area contributed by atoms with Crippen molar-refractivity contribution >= 4 is 40.7 Å². The van der Waals surface area contributed by atoms with E-state index in [-0.39, 0.29) is 11.8 Å². The van der Waals surface area contributed by atoms with Crippen molar-refractivity contribution in [1.29, 1.82) is 0 Å². The van der Waals surface area contributed by atoms with Crippen LogP contribution in [0, 0.1) is 0 Å². The first kappa shape index (κ1) is 20.4. The molecule has 3 heterocycles. The second-order valence-corrected chi connectivity index (χ2v) is 8.07. The summed E-state index contributed by atoms with van der Waals surface area (Å²) in [4.78, 5) is 29.0. The van der Waals surface area contributed by atoms with Crippen molar-refractivity contribution in [3.05, 3.63) is 94.2 Å². The second kappa shape index (κ2) is 8.46. The second-order valence-electron chi connectivity index (χ2n) is 7.20. The Kier molecular flexibility index (Phi) is 5.75. The molecule has 1 saturated heterocycles. The highest BCUT2D eigenvalue weighted by molar-refractivity contribution is 6.31. The Hall–Kier alpha value is -2.89. The average Bonchev–Trinajstić information content (AvgIpc) is 3.02. The van der Waals surface area contributed by atoms with Crippen molar-refractivity contribution in [2.45, 2.75) is 24.3 Å². The van der Waals surface area contributed by atoms with Gasteiger partial charge in [-0.05, 0) is 47.9 Å². The number of carbonyl (C=O) groups is 2.